The van der Waals surface area contributed by atoms with Crippen LogP contribution in [-0.4, -0.2) is 26.2 Å². The second kappa shape index (κ2) is 11.3. The van der Waals surface area contributed by atoms with Crippen molar-refractivity contribution >= 4 is 23.3 Å². The summed E-state index contributed by atoms with van der Waals surface area (Å²) in [7, 11) is 3.03. The maximum Gasteiger partial charge on any atom is 0.417 e. The molecule has 0 aromatic heterocycles. The molecule has 0 aliphatic rings. The quantitative estimate of drug-likeness (QED) is 0.284. The van der Waals surface area contributed by atoms with Crippen molar-refractivity contribution in [3.05, 3.63) is 83.9 Å². The summed E-state index contributed by atoms with van der Waals surface area (Å²) in [5.41, 5.74) is 2.74. The summed E-state index contributed by atoms with van der Waals surface area (Å²) in [4.78, 5) is 23.8. The first kappa shape index (κ1) is 22.5. The molecule has 0 fully saturated rings. The van der Waals surface area contributed by atoms with E-state index in [-0.39, 0.29) is 13.2 Å². The lowest BCUT2D eigenvalue weighted by molar-refractivity contribution is -0.169. The van der Waals surface area contributed by atoms with E-state index >= 15 is 0 Å². The zero-order valence-electron chi connectivity index (χ0n) is 17.7. The SMILES string of the molecule is COc1ccc(COC(=O)C(=O)OCc2ccc(N=Nc3ccccc3)cc2)cc1OC. The second-order valence-electron chi connectivity index (χ2n) is 6.54. The number of hydrogen-bond donors (Lipinski definition) is 0. The van der Waals surface area contributed by atoms with Crippen molar-refractivity contribution in [2.24, 2.45) is 10.2 Å². The molecule has 0 radical (unpaired) electrons. The van der Waals surface area contributed by atoms with Gasteiger partial charge in [-0.1, -0.05) is 36.4 Å². The molecule has 3 aromatic rings. The fraction of sp³-hybridized carbons (Fsp3) is 0.167. The highest BCUT2D eigenvalue weighted by molar-refractivity contribution is 6.29. The van der Waals surface area contributed by atoms with Gasteiger partial charge < -0.3 is 18.9 Å². The zero-order chi connectivity index (χ0) is 22.8. The monoisotopic (exact) mass is 434 g/mol. The van der Waals surface area contributed by atoms with Crippen LogP contribution in [0.1, 0.15) is 11.1 Å². The van der Waals surface area contributed by atoms with E-state index in [1.165, 1.54) is 14.2 Å². The summed E-state index contributed by atoms with van der Waals surface area (Å²) >= 11 is 0. The van der Waals surface area contributed by atoms with Gasteiger partial charge in [0, 0.05) is 0 Å². The van der Waals surface area contributed by atoms with Crippen LogP contribution in [0.25, 0.3) is 0 Å². The van der Waals surface area contributed by atoms with E-state index < -0.39 is 11.9 Å². The van der Waals surface area contributed by atoms with Crippen molar-refractivity contribution in [1.29, 1.82) is 0 Å². The molecular weight excluding hydrogens is 412 g/mol. The molecule has 0 atom stereocenters. The number of ether oxygens (including phenoxy) is 4. The second-order valence-corrected chi connectivity index (χ2v) is 6.54. The van der Waals surface area contributed by atoms with E-state index in [0.29, 0.717) is 28.3 Å². The number of carbonyl (C=O) groups excluding carboxylic acids is 2. The summed E-state index contributed by atoms with van der Waals surface area (Å²) in [6.07, 6.45) is 0. The average molecular weight is 434 g/mol. The van der Waals surface area contributed by atoms with Gasteiger partial charge in [0.1, 0.15) is 13.2 Å². The van der Waals surface area contributed by atoms with Gasteiger partial charge >= 0.3 is 11.9 Å². The number of benzene rings is 3. The zero-order valence-corrected chi connectivity index (χ0v) is 17.7. The summed E-state index contributed by atoms with van der Waals surface area (Å²) < 4.78 is 20.4. The van der Waals surface area contributed by atoms with Crippen LogP contribution in [0.4, 0.5) is 11.4 Å². The maximum absolute atomic E-state index is 11.9. The van der Waals surface area contributed by atoms with Gasteiger partial charge in [0.05, 0.1) is 25.6 Å². The van der Waals surface area contributed by atoms with Crippen LogP contribution < -0.4 is 9.47 Å². The number of hydrogen-bond acceptors (Lipinski definition) is 8. The molecule has 8 nitrogen and oxygen atoms in total. The summed E-state index contributed by atoms with van der Waals surface area (Å²) in [6.45, 7) is -0.171. The van der Waals surface area contributed by atoms with E-state index in [0.717, 1.165) is 5.69 Å². The van der Waals surface area contributed by atoms with Crippen molar-refractivity contribution in [2.45, 2.75) is 13.2 Å². The molecule has 0 saturated carbocycles. The molecule has 3 rings (SSSR count). The standard InChI is InChI=1S/C24H22N2O6/c1-29-21-13-10-18(14-22(21)30-2)16-32-24(28)23(27)31-15-17-8-11-20(12-9-17)26-25-19-6-4-3-5-7-19/h3-14H,15-16H2,1-2H3. The van der Waals surface area contributed by atoms with Crippen LogP contribution in [0, 0.1) is 0 Å². The van der Waals surface area contributed by atoms with Gasteiger partial charge in [-0.05, 0) is 47.5 Å². The molecule has 0 aliphatic carbocycles. The van der Waals surface area contributed by atoms with Crippen LogP contribution >= 0.6 is 0 Å². The third kappa shape index (κ3) is 6.40. The van der Waals surface area contributed by atoms with Crippen molar-refractivity contribution in [2.75, 3.05) is 14.2 Å². The number of esters is 2. The topological polar surface area (TPSA) is 95.8 Å². The van der Waals surface area contributed by atoms with E-state index in [2.05, 4.69) is 10.2 Å². The molecule has 0 bridgehead atoms. The van der Waals surface area contributed by atoms with Gasteiger partial charge in [-0.2, -0.15) is 10.2 Å². The maximum atomic E-state index is 11.9. The molecule has 0 unspecified atom stereocenters. The highest BCUT2D eigenvalue weighted by Crippen LogP contribution is 2.27. The molecular formula is C24H22N2O6. The Bertz CT molecular complexity index is 1080. The molecule has 0 aliphatic heterocycles. The lowest BCUT2D eigenvalue weighted by Crippen LogP contribution is -2.20. The Kier molecular flexibility index (Phi) is 7.91. The average Bonchev–Trinajstić information content (AvgIpc) is 2.85. The summed E-state index contributed by atoms with van der Waals surface area (Å²) in [5.74, 6) is -1.10. The molecule has 0 saturated heterocycles. The smallest absolute Gasteiger partial charge is 0.417 e. The Hall–Kier alpha value is -4.20. The van der Waals surface area contributed by atoms with E-state index in [9.17, 15) is 9.59 Å². The van der Waals surface area contributed by atoms with E-state index in [4.69, 9.17) is 18.9 Å². The number of rotatable bonds is 8. The van der Waals surface area contributed by atoms with Crippen molar-refractivity contribution in [1.82, 2.24) is 0 Å². The molecule has 164 valence electrons. The first-order valence-electron chi connectivity index (χ1n) is 9.69. The first-order chi connectivity index (χ1) is 15.6. The predicted molar refractivity (Wildman–Crippen MR) is 116 cm³/mol. The first-order valence-corrected chi connectivity index (χ1v) is 9.69. The van der Waals surface area contributed by atoms with Crippen LogP contribution in [-0.2, 0) is 32.3 Å². The summed E-state index contributed by atoms with van der Waals surface area (Å²) in [5, 5.41) is 8.28. The highest BCUT2D eigenvalue weighted by Gasteiger charge is 2.18. The molecule has 3 aromatic carbocycles. The minimum absolute atomic E-state index is 0.0690. The molecule has 0 N–H and O–H groups in total. The normalized spacial score (nSPS) is 10.6. The van der Waals surface area contributed by atoms with Gasteiger partial charge in [0.2, 0.25) is 0 Å². The summed E-state index contributed by atoms with van der Waals surface area (Å²) in [6, 6.07) is 21.4. The molecule has 0 amide bonds. The van der Waals surface area contributed by atoms with Crippen LogP contribution in [0.3, 0.4) is 0 Å². The van der Waals surface area contributed by atoms with Crippen LogP contribution in [0.5, 0.6) is 11.5 Å². The van der Waals surface area contributed by atoms with Crippen LogP contribution in [0.15, 0.2) is 83.0 Å². The minimum atomic E-state index is -1.08. The largest absolute Gasteiger partial charge is 0.493 e. The lowest BCUT2D eigenvalue weighted by atomic mass is 10.2. The highest BCUT2D eigenvalue weighted by atomic mass is 16.6. The van der Waals surface area contributed by atoms with E-state index in [1.54, 1.807) is 42.5 Å². The molecule has 32 heavy (non-hydrogen) atoms. The fourth-order valence-corrected chi connectivity index (χ4v) is 2.65. The van der Waals surface area contributed by atoms with Gasteiger partial charge in [0.25, 0.3) is 0 Å². The molecule has 0 spiro atoms. The Morgan fingerprint density at radius 1 is 0.656 bits per heavy atom. The van der Waals surface area contributed by atoms with Crippen LogP contribution in [0.2, 0.25) is 0 Å². The number of nitrogens with zero attached hydrogens (tertiary/aromatic N) is 2. The molecule has 0 heterocycles. The van der Waals surface area contributed by atoms with E-state index in [1.807, 2.05) is 30.3 Å². The Morgan fingerprint density at radius 2 is 1.19 bits per heavy atom. The van der Waals surface area contributed by atoms with Gasteiger partial charge in [0.15, 0.2) is 11.5 Å². The molecule has 8 heteroatoms. The third-order valence-corrected chi connectivity index (χ3v) is 4.33. The Morgan fingerprint density at radius 3 is 1.78 bits per heavy atom. The van der Waals surface area contributed by atoms with Gasteiger partial charge in [-0.3, -0.25) is 0 Å². The number of methoxy groups -OCH3 is 2. The van der Waals surface area contributed by atoms with Crippen molar-refractivity contribution in [3.8, 4) is 11.5 Å². The Balaban J connectivity index is 1.46. The fourth-order valence-electron chi connectivity index (χ4n) is 2.65. The minimum Gasteiger partial charge on any atom is -0.493 e. The number of carbonyl (C=O) groups is 2. The van der Waals surface area contributed by atoms with Gasteiger partial charge in [-0.25, -0.2) is 9.59 Å². The van der Waals surface area contributed by atoms with Gasteiger partial charge in [-0.15, -0.1) is 0 Å². The Labute approximate surface area is 185 Å². The van der Waals surface area contributed by atoms with Crippen molar-refractivity contribution < 1.29 is 28.5 Å². The predicted octanol–water partition coefficient (Wildman–Crippen LogP) is 4.91. The lowest BCUT2D eigenvalue weighted by Gasteiger charge is -2.10. The number of azo groups is 1. The van der Waals surface area contributed by atoms with Crippen molar-refractivity contribution in [3.63, 3.8) is 0 Å². The third-order valence-electron chi connectivity index (χ3n) is 4.33.